The predicted molar refractivity (Wildman–Crippen MR) is 77.0 cm³/mol. The summed E-state index contributed by atoms with van der Waals surface area (Å²) in [4.78, 5) is 0. The summed E-state index contributed by atoms with van der Waals surface area (Å²) in [5.41, 5.74) is 0.631. The quantitative estimate of drug-likeness (QED) is 0.839. The van der Waals surface area contributed by atoms with Crippen LogP contribution in [0.3, 0.4) is 0 Å². The van der Waals surface area contributed by atoms with Crippen LogP contribution < -0.4 is 4.74 Å². The summed E-state index contributed by atoms with van der Waals surface area (Å²) in [6.45, 7) is 4.29. The number of hydrogen-bond donors (Lipinski definition) is 1. The van der Waals surface area contributed by atoms with Crippen molar-refractivity contribution in [1.82, 2.24) is 0 Å². The molecule has 2 nitrogen and oxygen atoms in total. The highest BCUT2D eigenvalue weighted by Crippen LogP contribution is 2.32. The largest absolute Gasteiger partial charge is 0.489 e. The number of halogens is 1. The van der Waals surface area contributed by atoms with Crippen LogP contribution in [0.25, 0.3) is 0 Å². The Labute approximate surface area is 120 Å². The summed E-state index contributed by atoms with van der Waals surface area (Å²) < 4.78 is 19.3. The third-order valence-corrected chi connectivity index (χ3v) is 4.09. The monoisotopic (exact) mass is 276 g/mol. The molecule has 3 unspecified atom stereocenters. The van der Waals surface area contributed by atoms with Gasteiger partial charge >= 0.3 is 0 Å². The Kier molecular flexibility index (Phi) is 5.03. The van der Waals surface area contributed by atoms with Gasteiger partial charge < -0.3 is 9.84 Å². The summed E-state index contributed by atoms with van der Waals surface area (Å²) in [6.07, 6.45) is 3.25. The summed E-state index contributed by atoms with van der Waals surface area (Å²) >= 11 is 0. The van der Waals surface area contributed by atoms with Crippen molar-refractivity contribution < 1.29 is 14.2 Å². The molecule has 1 aromatic rings. The van der Waals surface area contributed by atoms with Crippen LogP contribution in [-0.2, 0) is 0 Å². The first-order valence-electron chi connectivity index (χ1n) is 7.16. The lowest BCUT2D eigenvalue weighted by atomic mass is 9.80. The minimum absolute atomic E-state index is 0.123. The zero-order chi connectivity index (χ0) is 14.5. The maximum Gasteiger partial charge on any atom is 0.138 e. The maximum absolute atomic E-state index is 13.4. The third-order valence-electron chi connectivity index (χ3n) is 4.09. The van der Waals surface area contributed by atoms with Crippen molar-refractivity contribution in [2.75, 3.05) is 6.61 Å². The van der Waals surface area contributed by atoms with Crippen LogP contribution in [0.15, 0.2) is 18.2 Å². The van der Waals surface area contributed by atoms with Crippen molar-refractivity contribution in [3.8, 4) is 17.6 Å². The van der Waals surface area contributed by atoms with E-state index < -0.39 is 0 Å². The molecule has 1 saturated carbocycles. The Balaban J connectivity index is 2.13. The van der Waals surface area contributed by atoms with Gasteiger partial charge in [-0.25, -0.2) is 4.39 Å². The molecule has 0 amide bonds. The average Bonchev–Trinajstić information content (AvgIpc) is 2.42. The molecule has 0 aliphatic heterocycles. The fourth-order valence-corrected chi connectivity index (χ4v) is 2.62. The fraction of sp³-hybridized carbons (Fsp3) is 0.529. The van der Waals surface area contributed by atoms with E-state index in [1.165, 1.54) is 12.1 Å². The molecule has 0 saturated heterocycles. The first kappa shape index (κ1) is 14.9. The van der Waals surface area contributed by atoms with Gasteiger partial charge in [0.05, 0.1) is 11.7 Å². The first-order valence-corrected chi connectivity index (χ1v) is 7.16. The van der Waals surface area contributed by atoms with Gasteiger partial charge in [0.15, 0.2) is 0 Å². The Morgan fingerprint density at radius 3 is 2.80 bits per heavy atom. The van der Waals surface area contributed by atoms with Crippen LogP contribution >= 0.6 is 0 Å². The Bertz CT molecular complexity index is 515. The van der Waals surface area contributed by atoms with Crippen LogP contribution in [0, 0.1) is 29.5 Å². The maximum atomic E-state index is 13.4. The molecule has 1 aromatic carbocycles. The van der Waals surface area contributed by atoms with Gasteiger partial charge in [0.25, 0.3) is 0 Å². The van der Waals surface area contributed by atoms with Crippen molar-refractivity contribution in [3.05, 3.63) is 29.6 Å². The highest BCUT2D eigenvalue weighted by Gasteiger charge is 2.26. The predicted octanol–water partition coefficient (Wildman–Crippen LogP) is 3.37. The van der Waals surface area contributed by atoms with Gasteiger partial charge in [-0.15, -0.1) is 0 Å². The van der Waals surface area contributed by atoms with E-state index in [0.717, 1.165) is 25.2 Å². The summed E-state index contributed by atoms with van der Waals surface area (Å²) in [7, 11) is 0. The average molecular weight is 276 g/mol. The molecule has 0 aromatic heterocycles. The van der Waals surface area contributed by atoms with Crippen LogP contribution in [0.2, 0.25) is 0 Å². The normalized spacial score (nSPS) is 25.7. The Morgan fingerprint density at radius 2 is 2.10 bits per heavy atom. The van der Waals surface area contributed by atoms with Crippen LogP contribution in [-0.4, -0.2) is 17.8 Å². The first-order chi connectivity index (χ1) is 9.60. The molecule has 0 spiro atoms. The molecule has 3 heteroatoms. The van der Waals surface area contributed by atoms with E-state index in [-0.39, 0.29) is 18.5 Å². The molecule has 20 heavy (non-hydrogen) atoms. The molecule has 1 fully saturated rings. The molecule has 0 radical (unpaired) electrons. The molecular weight excluding hydrogens is 255 g/mol. The van der Waals surface area contributed by atoms with Crippen molar-refractivity contribution in [1.29, 1.82) is 0 Å². The highest BCUT2D eigenvalue weighted by atomic mass is 19.1. The van der Waals surface area contributed by atoms with E-state index >= 15 is 0 Å². The number of aliphatic hydroxyl groups excluding tert-OH is 1. The van der Waals surface area contributed by atoms with Crippen molar-refractivity contribution >= 4 is 0 Å². The van der Waals surface area contributed by atoms with Gasteiger partial charge in [-0.2, -0.15) is 0 Å². The van der Waals surface area contributed by atoms with Crippen molar-refractivity contribution in [2.45, 2.75) is 39.2 Å². The molecule has 1 N–H and O–H groups in total. The molecule has 1 aliphatic carbocycles. The SMILES string of the molecule is CC1CCC(Oc2cc(F)ccc2C#CCO)CC1C. The van der Waals surface area contributed by atoms with Crippen LogP contribution in [0.1, 0.15) is 38.7 Å². The molecule has 2 rings (SSSR count). The summed E-state index contributed by atoms with van der Waals surface area (Å²) in [5.74, 6) is 6.88. The number of aliphatic hydroxyl groups is 1. The lowest BCUT2D eigenvalue weighted by Gasteiger charge is -2.32. The van der Waals surface area contributed by atoms with Crippen molar-refractivity contribution in [2.24, 2.45) is 11.8 Å². The Morgan fingerprint density at radius 1 is 1.30 bits per heavy atom. The second-order valence-corrected chi connectivity index (χ2v) is 5.61. The number of ether oxygens (including phenoxy) is 1. The van der Waals surface area contributed by atoms with Gasteiger partial charge in [0, 0.05) is 6.07 Å². The van der Waals surface area contributed by atoms with E-state index in [9.17, 15) is 4.39 Å². The fourth-order valence-electron chi connectivity index (χ4n) is 2.62. The standard InChI is InChI=1S/C17H21FO2/c1-12-5-8-16(10-13(12)2)20-17-11-15(18)7-6-14(17)4-3-9-19/h6-7,11-13,16,19H,5,8-10H2,1-2H3. The second-order valence-electron chi connectivity index (χ2n) is 5.61. The summed E-state index contributed by atoms with van der Waals surface area (Å²) in [5, 5.41) is 8.77. The highest BCUT2D eigenvalue weighted by molar-refractivity contribution is 5.46. The Hall–Kier alpha value is -1.53. The molecule has 0 bridgehead atoms. The topological polar surface area (TPSA) is 29.5 Å². The van der Waals surface area contributed by atoms with E-state index in [1.807, 2.05) is 0 Å². The third kappa shape index (κ3) is 3.74. The minimum Gasteiger partial charge on any atom is -0.489 e. The van der Waals surface area contributed by atoms with Gasteiger partial charge in [0.2, 0.25) is 0 Å². The smallest absolute Gasteiger partial charge is 0.138 e. The molecular formula is C17H21FO2. The van der Waals surface area contributed by atoms with Crippen LogP contribution in [0.4, 0.5) is 4.39 Å². The van der Waals surface area contributed by atoms with Gasteiger partial charge in [-0.1, -0.05) is 25.7 Å². The molecule has 1 aliphatic rings. The molecule has 3 atom stereocenters. The molecule has 0 heterocycles. The van der Waals surface area contributed by atoms with E-state index in [1.54, 1.807) is 6.07 Å². The van der Waals surface area contributed by atoms with Gasteiger partial charge in [-0.3, -0.25) is 0 Å². The van der Waals surface area contributed by atoms with Gasteiger partial charge in [0.1, 0.15) is 18.2 Å². The number of hydrogen-bond acceptors (Lipinski definition) is 2. The lowest BCUT2D eigenvalue weighted by Crippen LogP contribution is -2.29. The molecule has 108 valence electrons. The second kappa shape index (κ2) is 6.76. The van der Waals surface area contributed by atoms with E-state index in [0.29, 0.717) is 17.2 Å². The zero-order valence-electron chi connectivity index (χ0n) is 12.0. The van der Waals surface area contributed by atoms with Crippen molar-refractivity contribution in [3.63, 3.8) is 0 Å². The minimum atomic E-state index is -0.327. The summed E-state index contributed by atoms with van der Waals surface area (Å²) in [6, 6.07) is 4.34. The number of benzene rings is 1. The van der Waals surface area contributed by atoms with Crippen LogP contribution in [0.5, 0.6) is 5.75 Å². The van der Waals surface area contributed by atoms with Gasteiger partial charge in [-0.05, 0) is 43.2 Å². The lowest BCUT2D eigenvalue weighted by molar-refractivity contribution is 0.100. The zero-order valence-corrected chi connectivity index (χ0v) is 12.0. The number of rotatable bonds is 2. The van der Waals surface area contributed by atoms with E-state index in [2.05, 4.69) is 25.7 Å². The van der Waals surface area contributed by atoms with E-state index in [4.69, 9.17) is 9.84 Å².